The number of nitrogens with one attached hydrogen (secondary N) is 1. The minimum absolute atomic E-state index is 0.304. The van der Waals surface area contributed by atoms with Gasteiger partial charge in [0.05, 0.1) is 0 Å². The molecule has 7 atom stereocenters. The lowest BCUT2D eigenvalue weighted by Crippen LogP contribution is -2.54. The van der Waals surface area contributed by atoms with Crippen molar-refractivity contribution in [3.05, 3.63) is 0 Å². The Bertz CT molecular complexity index is 671. The summed E-state index contributed by atoms with van der Waals surface area (Å²) in [5, 5.41) is 3.45. The van der Waals surface area contributed by atoms with Gasteiger partial charge in [0.1, 0.15) is 0 Å². The molecule has 5 aliphatic carbocycles. The fraction of sp³-hybridized carbons (Fsp3) is 0.917. The molecule has 1 N–H and O–H groups in total. The van der Waals surface area contributed by atoms with Gasteiger partial charge in [-0.3, -0.25) is 9.59 Å². The summed E-state index contributed by atoms with van der Waals surface area (Å²) in [6.07, 6.45) is 13.6. The normalized spacial score (nSPS) is 48.1. The average Bonchev–Trinajstić information content (AvgIpc) is 3.61. The largest absolute Gasteiger partial charge is 0.353 e. The lowest BCUT2D eigenvalue weighted by molar-refractivity contribution is -0.138. The van der Waals surface area contributed by atoms with Crippen LogP contribution in [0.25, 0.3) is 0 Å². The topological polar surface area (TPSA) is 49.4 Å². The molecule has 4 heteroatoms. The highest BCUT2D eigenvalue weighted by Crippen LogP contribution is 2.70. The molecule has 3 unspecified atom stereocenters. The number of amides is 2. The van der Waals surface area contributed by atoms with Crippen LogP contribution in [0.4, 0.5) is 0 Å². The summed E-state index contributed by atoms with van der Waals surface area (Å²) in [6, 6.07) is 1.11. The minimum atomic E-state index is 0.304. The van der Waals surface area contributed by atoms with Crippen molar-refractivity contribution in [3.8, 4) is 0 Å². The molecule has 4 bridgehead atoms. The van der Waals surface area contributed by atoms with Gasteiger partial charge >= 0.3 is 0 Å². The van der Waals surface area contributed by atoms with Crippen LogP contribution in [0.2, 0.25) is 0 Å². The zero-order valence-corrected chi connectivity index (χ0v) is 16.9. The van der Waals surface area contributed by atoms with Crippen LogP contribution < -0.4 is 5.32 Å². The lowest BCUT2D eigenvalue weighted by atomic mass is 9.92. The van der Waals surface area contributed by atoms with Gasteiger partial charge in [0, 0.05) is 30.0 Å². The van der Waals surface area contributed by atoms with E-state index in [9.17, 15) is 9.59 Å². The first-order chi connectivity index (χ1) is 13.7. The highest BCUT2D eigenvalue weighted by atomic mass is 16.2. The van der Waals surface area contributed by atoms with Crippen LogP contribution in [0, 0.1) is 47.3 Å². The Kier molecular flexibility index (Phi) is 3.44. The number of hydrogen-bond donors (Lipinski definition) is 1. The molecule has 0 radical (unpaired) electrons. The van der Waals surface area contributed by atoms with Gasteiger partial charge in [-0.2, -0.15) is 0 Å². The maximum absolute atomic E-state index is 13.4. The van der Waals surface area contributed by atoms with Crippen LogP contribution in [0.3, 0.4) is 0 Å². The zero-order chi connectivity index (χ0) is 18.6. The Labute approximate surface area is 168 Å². The molecule has 4 nitrogen and oxygen atoms in total. The molecule has 0 aromatic heterocycles. The summed E-state index contributed by atoms with van der Waals surface area (Å²) in [4.78, 5) is 28.7. The Balaban J connectivity index is 1.01. The first-order valence-electron chi connectivity index (χ1n) is 12.3. The molecular weight excluding hydrogens is 348 g/mol. The minimum Gasteiger partial charge on any atom is -0.353 e. The standard InChI is InChI=1S/C24H34N2O2/c27-23(19(12-1-2-12)13-3-4-13)25-16-10-17-7-8-18(11-16)26(17)24(28)22-20-14-5-6-15(9-14)21(20)22/h12-22H,1-11H2,(H,25,27)/t14-,15+,16?,17?,18?,20+,21-,22?. The van der Waals surface area contributed by atoms with Crippen molar-refractivity contribution >= 4 is 11.8 Å². The van der Waals surface area contributed by atoms with Gasteiger partial charge < -0.3 is 10.2 Å². The predicted molar refractivity (Wildman–Crippen MR) is 105 cm³/mol. The van der Waals surface area contributed by atoms with E-state index in [0.29, 0.717) is 53.6 Å². The molecular formula is C24H34N2O2. The molecule has 0 spiro atoms. The van der Waals surface area contributed by atoms with Crippen LogP contribution in [0.1, 0.15) is 70.6 Å². The van der Waals surface area contributed by atoms with Gasteiger partial charge in [-0.05, 0) is 106 Å². The van der Waals surface area contributed by atoms with Gasteiger partial charge in [0.2, 0.25) is 11.8 Å². The molecule has 0 aromatic carbocycles. The van der Waals surface area contributed by atoms with Crippen molar-refractivity contribution in [2.75, 3.05) is 0 Å². The number of nitrogens with zero attached hydrogens (tertiary/aromatic N) is 1. The van der Waals surface area contributed by atoms with Crippen molar-refractivity contribution in [2.45, 2.75) is 88.8 Å². The second kappa shape index (κ2) is 5.76. The average molecular weight is 383 g/mol. The maximum atomic E-state index is 13.4. The lowest BCUT2D eigenvalue weighted by Gasteiger charge is -2.40. The van der Waals surface area contributed by atoms with Crippen LogP contribution in [-0.2, 0) is 9.59 Å². The van der Waals surface area contributed by atoms with Crippen molar-refractivity contribution in [3.63, 3.8) is 0 Å². The molecule has 7 fully saturated rings. The second-order valence-electron chi connectivity index (χ2n) is 11.5. The van der Waals surface area contributed by atoms with E-state index in [0.717, 1.165) is 49.4 Å². The van der Waals surface area contributed by atoms with Crippen LogP contribution in [0.15, 0.2) is 0 Å². The Morgan fingerprint density at radius 3 is 1.86 bits per heavy atom. The zero-order valence-electron chi connectivity index (χ0n) is 16.9. The molecule has 5 saturated carbocycles. The summed E-state index contributed by atoms with van der Waals surface area (Å²) in [5.74, 6) is 6.15. The third kappa shape index (κ3) is 2.41. The number of carbonyl (C=O) groups excluding carboxylic acids is 2. The predicted octanol–water partition coefficient (Wildman–Crippen LogP) is 3.35. The number of carbonyl (C=O) groups is 2. The number of piperidine rings is 1. The quantitative estimate of drug-likeness (QED) is 0.793. The molecule has 2 heterocycles. The Morgan fingerprint density at radius 2 is 1.32 bits per heavy atom. The van der Waals surface area contributed by atoms with E-state index in [4.69, 9.17) is 0 Å². The third-order valence-electron chi connectivity index (χ3n) is 9.92. The first-order valence-corrected chi connectivity index (χ1v) is 12.3. The Morgan fingerprint density at radius 1 is 0.750 bits per heavy atom. The number of rotatable bonds is 5. The summed E-state index contributed by atoms with van der Waals surface area (Å²) >= 11 is 0. The van der Waals surface area contributed by atoms with Gasteiger partial charge in [-0.25, -0.2) is 0 Å². The summed E-state index contributed by atoms with van der Waals surface area (Å²) in [5.41, 5.74) is 0. The molecule has 2 amide bonds. The van der Waals surface area contributed by atoms with Crippen molar-refractivity contribution in [1.29, 1.82) is 0 Å². The van der Waals surface area contributed by atoms with Crippen LogP contribution >= 0.6 is 0 Å². The van der Waals surface area contributed by atoms with Gasteiger partial charge in [-0.1, -0.05) is 0 Å². The summed E-state index contributed by atoms with van der Waals surface area (Å²) in [7, 11) is 0. The molecule has 2 aliphatic heterocycles. The highest BCUT2D eigenvalue weighted by molar-refractivity contribution is 5.84. The van der Waals surface area contributed by atoms with Crippen LogP contribution in [-0.4, -0.2) is 34.8 Å². The van der Waals surface area contributed by atoms with E-state index >= 15 is 0 Å². The van der Waals surface area contributed by atoms with E-state index in [2.05, 4.69) is 10.2 Å². The smallest absolute Gasteiger partial charge is 0.226 e. The highest BCUT2D eigenvalue weighted by Gasteiger charge is 2.68. The van der Waals surface area contributed by atoms with Crippen molar-refractivity contribution in [1.82, 2.24) is 10.2 Å². The number of fused-ring (bicyclic) bond motifs is 7. The third-order valence-corrected chi connectivity index (χ3v) is 9.92. The van der Waals surface area contributed by atoms with E-state index in [1.807, 2.05) is 0 Å². The van der Waals surface area contributed by atoms with Gasteiger partial charge in [0.25, 0.3) is 0 Å². The molecule has 7 aliphatic rings. The van der Waals surface area contributed by atoms with Crippen molar-refractivity contribution in [2.24, 2.45) is 47.3 Å². The van der Waals surface area contributed by atoms with E-state index in [1.165, 1.54) is 44.9 Å². The van der Waals surface area contributed by atoms with Crippen LogP contribution in [0.5, 0.6) is 0 Å². The van der Waals surface area contributed by atoms with E-state index in [-0.39, 0.29) is 0 Å². The van der Waals surface area contributed by atoms with Crippen molar-refractivity contribution < 1.29 is 9.59 Å². The molecule has 28 heavy (non-hydrogen) atoms. The monoisotopic (exact) mass is 382 g/mol. The van der Waals surface area contributed by atoms with E-state index in [1.54, 1.807) is 0 Å². The maximum Gasteiger partial charge on any atom is 0.226 e. The van der Waals surface area contributed by atoms with Gasteiger partial charge in [-0.15, -0.1) is 0 Å². The van der Waals surface area contributed by atoms with E-state index < -0.39 is 0 Å². The summed E-state index contributed by atoms with van der Waals surface area (Å²) in [6.45, 7) is 0. The molecule has 152 valence electrons. The molecule has 0 aromatic rings. The molecule has 2 saturated heterocycles. The fourth-order valence-electron chi connectivity index (χ4n) is 8.50. The molecule has 7 rings (SSSR count). The Hall–Kier alpha value is -1.06. The van der Waals surface area contributed by atoms with Gasteiger partial charge in [0.15, 0.2) is 0 Å². The summed E-state index contributed by atoms with van der Waals surface area (Å²) < 4.78 is 0. The first kappa shape index (κ1) is 16.7. The second-order valence-corrected chi connectivity index (χ2v) is 11.5. The SMILES string of the molecule is O=C(NC1CC2CCC(C1)N2C(=O)C1[C@@H]2[C@H]3CC[C@H](C3)[C@H]12)C(C1CC1)C1CC1. The fourth-order valence-corrected chi connectivity index (χ4v) is 8.50. The number of hydrogen-bond acceptors (Lipinski definition) is 2.